The molecule has 0 rings (SSSR count). The van der Waals surface area contributed by atoms with Crippen LogP contribution in [0.1, 0.15) is 46.0 Å². The van der Waals surface area contributed by atoms with Crippen LogP contribution in [0.5, 0.6) is 0 Å². The molecule has 0 saturated heterocycles. The van der Waals surface area contributed by atoms with E-state index in [9.17, 15) is 5.11 Å². The number of unbranched alkanes of at least 4 members (excludes halogenated alkanes) is 2. The largest absolute Gasteiger partial charge is 0.236 e. The summed E-state index contributed by atoms with van der Waals surface area (Å²) in [6.45, 7) is 4.30. The number of hydrogen-bond donors (Lipinski definition) is 0. The summed E-state index contributed by atoms with van der Waals surface area (Å²) in [5.41, 5.74) is 0. The molecule has 0 N–H and O–H groups in total. The van der Waals surface area contributed by atoms with E-state index in [4.69, 9.17) is 0 Å². The minimum atomic E-state index is 0.0820. The zero-order chi connectivity index (χ0) is 9.23. The third kappa shape index (κ3) is 7.80. The first-order valence-electron chi connectivity index (χ1n) is 5.04. The lowest BCUT2D eigenvalue weighted by Crippen LogP contribution is -1.97. The molecule has 0 fully saturated rings. The van der Waals surface area contributed by atoms with Crippen LogP contribution < -0.4 is 0 Å². The fourth-order valence-electron chi connectivity index (χ4n) is 1.07. The van der Waals surface area contributed by atoms with Crippen LogP contribution >= 0.6 is 0 Å². The highest BCUT2D eigenvalue weighted by Crippen LogP contribution is 2.07. The van der Waals surface area contributed by atoms with Crippen LogP contribution in [0.25, 0.3) is 0 Å². The van der Waals surface area contributed by atoms with Gasteiger partial charge in [0.15, 0.2) is 0 Å². The lowest BCUT2D eigenvalue weighted by atomic mass is 10.1. The zero-order valence-electron chi connectivity index (χ0n) is 8.38. The third-order valence-corrected chi connectivity index (χ3v) is 1.97. The summed E-state index contributed by atoms with van der Waals surface area (Å²) in [5, 5.41) is 10.4. The smallest absolute Gasteiger partial charge is 0.0847 e. The number of rotatable bonds is 7. The van der Waals surface area contributed by atoms with Gasteiger partial charge in [0.2, 0.25) is 0 Å². The van der Waals surface area contributed by atoms with E-state index in [1.165, 1.54) is 19.3 Å². The Morgan fingerprint density at radius 2 is 1.92 bits per heavy atom. The molecule has 0 aliphatic rings. The second kappa shape index (κ2) is 8.79. The van der Waals surface area contributed by atoms with Gasteiger partial charge in [-0.2, -0.15) is 0 Å². The third-order valence-electron chi connectivity index (χ3n) is 1.97. The maximum atomic E-state index is 10.4. The molecule has 1 heteroatoms. The quantitative estimate of drug-likeness (QED) is 0.410. The first-order chi connectivity index (χ1) is 5.81. The fraction of sp³-hybridized carbons (Fsp3) is 0.818. The van der Waals surface area contributed by atoms with Crippen LogP contribution in [-0.4, -0.2) is 6.61 Å². The van der Waals surface area contributed by atoms with Crippen molar-refractivity contribution in [2.24, 2.45) is 5.92 Å². The van der Waals surface area contributed by atoms with Gasteiger partial charge in [-0.1, -0.05) is 32.4 Å². The van der Waals surface area contributed by atoms with Gasteiger partial charge in [-0.15, -0.1) is 0 Å². The molecular formula is C11H21O. The minimum Gasteiger partial charge on any atom is -0.236 e. The standard InChI is InChI=1S/C11H21O/c1-3-4-5-6-7-8-9-11(2)10-12/h5-6,11H,3-4,7-10H2,1-2H3. The molecule has 0 aromatic carbocycles. The second-order valence-electron chi connectivity index (χ2n) is 3.46. The van der Waals surface area contributed by atoms with Gasteiger partial charge in [-0.05, 0) is 31.6 Å². The molecule has 1 radical (unpaired) electrons. The Kier molecular flexibility index (Phi) is 8.57. The topological polar surface area (TPSA) is 19.9 Å². The van der Waals surface area contributed by atoms with Crippen LogP contribution in [0.3, 0.4) is 0 Å². The van der Waals surface area contributed by atoms with Crippen molar-refractivity contribution in [1.29, 1.82) is 0 Å². The van der Waals surface area contributed by atoms with E-state index in [1.54, 1.807) is 0 Å². The average molecular weight is 169 g/mol. The van der Waals surface area contributed by atoms with Crippen LogP contribution in [0.4, 0.5) is 0 Å². The van der Waals surface area contributed by atoms with Gasteiger partial charge in [0, 0.05) is 0 Å². The predicted octanol–water partition coefficient (Wildman–Crippen LogP) is 3.58. The van der Waals surface area contributed by atoms with E-state index < -0.39 is 0 Å². The Balaban J connectivity index is 3.09. The van der Waals surface area contributed by atoms with Gasteiger partial charge < -0.3 is 0 Å². The molecule has 12 heavy (non-hydrogen) atoms. The van der Waals surface area contributed by atoms with Gasteiger partial charge >= 0.3 is 0 Å². The van der Waals surface area contributed by atoms with E-state index in [0.717, 1.165) is 12.8 Å². The van der Waals surface area contributed by atoms with Crippen molar-refractivity contribution in [3.8, 4) is 0 Å². The molecule has 0 aromatic rings. The predicted molar refractivity (Wildman–Crippen MR) is 52.6 cm³/mol. The highest BCUT2D eigenvalue weighted by molar-refractivity contribution is 4.80. The molecule has 0 saturated carbocycles. The van der Waals surface area contributed by atoms with Gasteiger partial charge in [-0.3, -0.25) is 0 Å². The zero-order valence-corrected chi connectivity index (χ0v) is 8.38. The van der Waals surface area contributed by atoms with Crippen molar-refractivity contribution in [3.05, 3.63) is 12.2 Å². The lowest BCUT2D eigenvalue weighted by Gasteiger charge is -2.03. The summed E-state index contributed by atoms with van der Waals surface area (Å²) >= 11 is 0. The molecule has 0 heterocycles. The molecule has 1 atom stereocenters. The fourth-order valence-corrected chi connectivity index (χ4v) is 1.07. The molecule has 0 amide bonds. The van der Waals surface area contributed by atoms with Crippen LogP contribution in [-0.2, 0) is 5.11 Å². The maximum Gasteiger partial charge on any atom is 0.0847 e. The Labute approximate surface area is 76.5 Å². The van der Waals surface area contributed by atoms with Crippen LogP contribution in [0, 0.1) is 5.92 Å². The van der Waals surface area contributed by atoms with Crippen molar-refractivity contribution in [2.75, 3.05) is 6.61 Å². The van der Waals surface area contributed by atoms with Crippen molar-refractivity contribution in [3.63, 3.8) is 0 Å². The summed E-state index contributed by atoms with van der Waals surface area (Å²) in [7, 11) is 0. The summed E-state index contributed by atoms with van der Waals surface area (Å²) in [5.74, 6) is 0.365. The van der Waals surface area contributed by atoms with E-state index in [2.05, 4.69) is 19.1 Å². The highest BCUT2D eigenvalue weighted by Gasteiger charge is 1.97. The minimum absolute atomic E-state index is 0.0820. The SMILES string of the molecule is CCCC=CCCCC(C)C[O]. The van der Waals surface area contributed by atoms with E-state index in [1.807, 2.05) is 6.92 Å². The average Bonchev–Trinajstić information content (AvgIpc) is 2.10. The van der Waals surface area contributed by atoms with Crippen molar-refractivity contribution < 1.29 is 5.11 Å². The first-order valence-corrected chi connectivity index (χ1v) is 5.04. The summed E-state index contributed by atoms with van der Waals surface area (Å²) in [6, 6.07) is 0. The number of hydrogen-bond acceptors (Lipinski definition) is 0. The van der Waals surface area contributed by atoms with E-state index >= 15 is 0 Å². The summed E-state index contributed by atoms with van der Waals surface area (Å²) < 4.78 is 0. The highest BCUT2D eigenvalue weighted by atomic mass is 16.3. The molecule has 1 nitrogen and oxygen atoms in total. The molecule has 0 aliphatic heterocycles. The van der Waals surface area contributed by atoms with Gasteiger partial charge in [-0.25, -0.2) is 5.11 Å². The van der Waals surface area contributed by atoms with Crippen molar-refractivity contribution in [1.82, 2.24) is 0 Å². The van der Waals surface area contributed by atoms with Gasteiger partial charge in [0.05, 0.1) is 6.61 Å². The van der Waals surface area contributed by atoms with Crippen LogP contribution in [0.2, 0.25) is 0 Å². The Hall–Kier alpha value is -0.300. The van der Waals surface area contributed by atoms with E-state index in [-0.39, 0.29) is 6.61 Å². The van der Waals surface area contributed by atoms with Gasteiger partial charge in [0.1, 0.15) is 0 Å². The normalized spacial score (nSPS) is 13.9. The Bertz CT molecular complexity index is 108. The molecule has 0 aliphatic carbocycles. The molecular weight excluding hydrogens is 148 g/mol. The molecule has 0 bridgehead atoms. The van der Waals surface area contributed by atoms with Crippen molar-refractivity contribution >= 4 is 0 Å². The molecule has 0 aromatic heterocycles. The first kappa shape index (κ1) is 11.7. The number of allylic oxidation sites excluding steroid dienone is 2. The molecule has 71 valence electrons. The Morgan fingerprint density at radius 3 is 2.50 bits per heavy atom. The summed E-state index contributed by atoms with van der Waals surface area (Å²) in [4.78, 5) is 0. The van der Waals surface area contributed by atoms with E-state index in [0.29, 0.717) is 5.92 Å². The van der Waals surface area contributed by atoms with Crippen molar-refractivity contribution in [2.45, 2.75) is 46.0 Å². The maximum absolute atomic E-state index is 10.4. The second-order valence-corrected chi connectivity index (χ2v) is 3.46. The Morgan fingerprint density at radius 1 is 1.25 bits per heavy atom. The lowest BCUT2D eigenvalue weighted by molar-refractivity contribution is 0.146. The summed E-state index contributed by atoms with van der Waals surface area (Å²) in [6.07, 6.45) is 10.3. The van der Waals surface area contributed by atoms with Crippen LogP contribution in [0.15, 0.2) is 12.2 Å². The van der Waals surface area contributed by atoms with Gasteiger partial charge in [0.25, 0.3) is 0 Å². The monoisotopic (exact) mass is 169 g/mol. The molecule has 0 spiro atoms. The molecule has 1 unspecified atom stereocenters.